The molecule has 3 rings (SSSR count). The lowest BCUT2D eigenvalue weighted by molar-refractivity contribution is 0.0996. The van der Waals surface area contributed by atoms with Gasteiger partial charge in [-0.15, -0.1) is 11.3 Å². The number of carbonyl (C=O) groups is 1. The number of ether oxygens (including phenoxy) is 1. The summed E-state index contributed by atoms with van der Waals surface area (Å²) in [6, 6.07) is 15.7. The summed E-state index contributed by atoms with van der Waals surface area (Å²) in [5, 5.41) is 0.839. The second-order valence-electron chi connectivity index (χ2n) is 6.09. The summed E-state index contributed by atoms with van der Waals surface area (Å²) >= 11 is 1.42. The van der Waals surface area contributed by atoms with Crippen LogP contribution in [0.25, 0.3) is 10.6 Å². The van der Waals surface area contributed by atoms with Crippen molar-refractivity contribution in [3.05, 3.63) is 64.7 Å². The van der Waals surface area contributed by atoms with Gasteiger partial charge in [0.25, 0.3) is 5.91 Å². The van der Waals surface area contributed by atoms with Crippen LogP contribution < -0.4 is 9.64 Å². The number of thiazole rings is 1. The first-order chi connectivity index (χ1) is 12.5. The number of carbonyl (C=O) groups excluding carboxylic acids is 1. The van der Waals surface area contributed by atoms with Crippen molar-refractivity contribution in [2.45, 2.75) is 20.8 Å². The van der Waals surface area contributed by atoms with Gasteiger partial charge in [0.05, 0.1) is 12.3 Å². The molecule has 0 unspecified atom stereocenters. The van der Waals surface area contributed by atoms with E-state index in [4.69, 9.17) is 4.74 Å². The molecule has 5 heteroatoms. The van der Waals surface area contributed by atoms with Gasteiger partial charge in [-0.3, -0.25) is 4.79 Å². The van der Waals surface area contributed by atoms with Crippen LogP contribution in [0.15, 0.2) is 48.5 Å². The first-order valence-electron chi connectivity index (χ1n) is 8.55. The summed E-state index contributed by atoms with van der Waals surface area (Å²) in [5.74, 6) is 0.793. The lowest BCUT2D eigenvalue weighted by atomic mass is 10.2. The Kier molecular flexibility index (Phi) is 5.38. The van der Waals surface area contributed by atoms with Gasteiger partial charge >= 0.3 is 0 Å². The van der Waals surface area contributed by atoms with Gasteiger partial charge < -0.3 is 9.64 Å². The Bertz CT molecular complexity index is 899. The number of aryl methyl sites for hydroxylation is 2. The molecule has 0 bridgehead atoms. The van der Waals surface area contributed by atoms with E-state index in [-0.39, 0.29) is 5.91 Å². The van der Waals surface area contributed by atoms with Crippen LogP contribution in [-0.4, -0.2) is 24.5 Å². The van der Waals surface area contributed by atoms with Gasteiger partial charge in [0.15, 0.2) is 0 Å². The zero-order chi connectivity index (χ0) is 18.7. The van der Waals surface area contributed by atoms with Crippen molar-refractivity contribution in [2.24, 2.45) is 0 Å². The van der Waals surface area contributed by atoms with Gasteiger partial charge in [0, 0.05) is 18.3 Å². The molecule has 1 aromatic heterocycles. The van der Waals surface area contributed by atoms with Gasteiger partial charge in [0.2, 0.25) is 0 Å². The number of hydrogen-bond acceptors (Lipinski definition) is 4. The average Bonchev–Trinajstić information content (AvgIpc) is 3.04. The quantitative estimate of drug-likeness (QED) is 0.631. The van der Waals surface area contributed by atoms with E-state index in [1.807, 2.05) is 69.3 Å². The number of nitrogens with zero attached hydrogens (tertiary/aromatic N) is 2. The molecule has 26 heavy (non-hydrogen) atoms. The highest BCUT2D eigenvalue weighted by Crippen LogP contribution is 2.30. The van der Waals surface area contributed by atoms with E-state index in [9.17, 15) is 4.79 Å². The Morgan fingerprint density at radius 1 is 1.08 bits per heavy atom. The fourth-order valence-electron chi connectivity index (χ4n) is 2.62. The Morgan fingerprint density at radius 3 is 2.35 bits per heavy atom. The molecule has 0 saturated carbocycles. The molecule has 4 nitrogen and oxygen atoms in total. The predicted molar refractivity (Wildman–Crippen MR) is 107 cm³/mol. The Balaban J connectivity index is 1.85. The Labute approximate surface area is 158 Å². The number of amides is 1. The van der Waals surface area contributed by atoms with Crippen molar-refractivity contribution in [2.75, 3.05) is 18.6 Å². The van der Waals surface area contributed by atoms with Crippen LogP contribution in [0.4, 0.5) is 5.69 Å². The van der Waals surface area contributed by atoms with Crippen molar-refractivity contribution in [3.8, 4) is 16.3 Å². The number of aromatic nitrogens is 1. The Hall–Kier alpha value is -2.66. The fourth-order valence-corrected chi connectivity index (χ4v) is 3.66. The van der Waals surface area contributed by atoms with E-state index >= 15 is 0 Å². The number of rotatable bonds is 5. The van der Waals surface area contributed by atoms with E-state index in [1.165, 1.54) is 16.9 Å². The lowest BCUT2D eigenvalue weighted by Gasteiger charge is -2.16. The van der Waals surface area contributed by atoms with E-state index in [0.29, 0.717) is 11.5 Å². The van der Waals surface area contributed by atoms with E-state index in [1.54, 1.807) is 11.9 Å². The van der Waals surface area contributed by atoms with Crippen molar-refractivity contribution in [1.82, 2.24) is 4.98 Å². The topological polar surface area (TPSA) is 42.4 Å². The summed E-state index contributed by atoms with van der Waals surface area (Å²) in [7, 11) is 1.79. The second kappa shape index (κ2) is 7.70. The normalized spacial score (nSPS) is 10.6. The van der Waals surface area contributed by atoms with E-state index in [2.05, 4.69) is 4.98 Å². The number of hydrogen-bond donors (Lipinski definition) is 0. The maximum Gasteiger partial charge on any atom is 0.270 e. The highest BCUT2D eigenvalue weighted by atomic mass is 32.1. The number of benzene rings is 2. The molecular weight excluding hydrogens is 344 g/mol. The van der Waals surface area contributed by atoms with E-state index < -0.39 is 0 Å². The molecule has 1 heterocycles. The average molecular weight is 366 g/mol. The molecule has 0 N–H and O–H groups in total. The molecule has 2 aromatic carbocycles. The molecule has 0 aliphatic carbocycles. The third kappa shape index (κ3) is 3.78. The highest BCUT2D eigenvalue weighted by molar-refractivity contribution is 7.17. The third-order valence-electron chi connectivity index (χ3n) is 4.13. The number of anilines is 1. The Morgan fingerprint density at radius 2 is 1.73 bits per heavy atom. The van der Waals surface area contributed by atoms with Crippen molar-refractivity contribution < 1.29 is 9.53 Å². The SMILES string of the molecule is CCOc1ccc(-c2nc(C)c(C(=O)N(C)c3ccc(C)cc3)s2)cc1. The molecule has 3 aromatic rings. The van der Waals surface area contributed by atoms with Gasteiger partial charge in [-0.2, -0.15) is 0 Å². The molecule has 0 spiro atoms. The zero-order valence-electron chi connectivity index (χ0n) is 15.4. The first-order valence-corrected chi connectivity index (χ1v) is 9.36. The standard InChI is InChI=1S/C21H22N2O2S/c1-5-25-18-12-8-16(9-13-18)20-22-15(3)19(26-20)21(24)23(4)17-10-6-14(2)7-11-17/h6-13H,5H2,1-4H3. The molecule has 0 saturated heterocycles. The highest BCUT2D eigenvalue weighted by Gasteiger charge is 2.20. The molecule has 0 aliphatic heterocycles. The van der Waals surface area contributed by atoms with Crippen LogP contribution in [0.5, 0.6) is 5.75 Å². The third-order valence-corrected chi connectivity index (χ3v) is 5.32. The fraction of sp³-hybridized carbons (Fsp3) is 0.238. The van der Waals surface area contributed by atoms with Crippen LogP contribution in [0.1, 0.15) is 27.9 Å². The van der Waals surface area contributed by atoms with Crippen LogP contribution in [0, 0.1) is 13.8 Å². The zero-order valence-corrected chi connectivity index (χ0v) is 16.3. The smallest absolute Gasteiger partial charge is 0.270 e. The van der Waals surface area contributed by atoms with Crippen LogP contribution in [-0.2, 0) is 0 Å². The predicted octanol–water partition coefficient (Wildman–Crippen LogP) is 5.10. The summed E-state index contributed by atoms with van der Waals surface area (Å²) in [4.78, 5) is 19.8. The van der Waals surface area contributed by atoms with Crippen molar-refractivity contribution >= 4 is 22.9 Å². The lowest BCUT2D eigenvalue weighted by Crippen LogP contribution is -2.25. The molecule has 0 fully saturated rings. The first kappa shape index (κ1) is 18.1. The molecule has 0 radical (unpaired) electrons. The monoisotopic (exact) mass is 366 g/mol. The maximum atomic E-state index is 12.9. The largest absolute Gasteiger partial charge is 0.494 e. The van der Waals surface area contributed by atoms with Crippen LogP contribution in [0.3, 0.4) is 0 Å². The van der Waals surface area contributed by atoms with Gasteiger partial charge in [-0.25, -0.2) is 4.98 Å². The van der Waals surface area contributed by atoms with Crippen LogP contribution >= 0.6 is 11.3 Å². The van der Waals surface area contributed by atoms with Gasteiger partial charge in [-0.1, -0.05) is 17.7 Å². The molecular formula is C21H22N2O2S. The minimum Gasteiger partial charge on any atom is -0.494 e. The molecule has 1 amide bonds. The second-order valence-corrected chi connectivity index (χ2v) is 7.09. The summed E-state index contributed by atoms with van der Waals surface area (Å²) in [6.07, 6.45) is 0. The molecule has 134 valence electrons. The molecule has 0 atom stereocenters. The maximum absolute atomic E-state index is 12.9. The van der Waals surface area contributed by atoms with Crippen molar-refractivity contribution in [3.63, 3.8) is 0 Å². The van der Waals surface area contributed by atoms with Crippen molar-refractivity contribution in [1.29, 1.82) is 0 Å². The summed E-state index contributed by atoms with van der Waals surface area (Å²) in [6.45, 7) is 6.51. The van der Waals surface area contributed by atoms with Crippen LogP contribution in [0.2, 0.25) is 0 Å². The minimum absolute atomic E-state index is 0.0407. The summed E-state index contributed by atoms with van der Waals surface area (Å²) in [5.41, 5.74) is 3.78. The summed E-state index contributed by atoms with van der Waals surface area (Å²) < 4.78 is 5.47. The molecule has 0 aliphatic rings. The van der Waals surface area contributed by atoms with Gasteiger partial charge in [0.1, 0.15) is 15.6 Å². The minimum atomic E-state index is -0.0407. The van der Waals surface area contributed by atoms with E-state index in [0.717, 1.165) is 27.7 Å². The van der Waals surface area contributed by atoms with Gasteiger partial charge in [-0.05, 0) is 57.2 Å².